The van der Waals surface area contributed by atoms with E-state index in [0.29, 0.717) is 6.61 Å². The molecule has 1 fully saturated rings. The number of likely N-dealkylation sites (tertiary alicyclic amines) is 1. The van der Waals surface area contributed by atoms with Gasteiger partial charge in [0.25, 0.3) is 0 Å². The van der Waals surface area contributed by atoms with Crippen LogP contribution in [0.25, 0.3) is 0 Å². The Kier molecular flexibility index (Phi) is 5.27. The number of hydrogen-bond acceptors (Lipinski definition) is 4. The van der Waals surface area contributed by atoms with Crippen LogP contribution in [0.15, 0.2) is 0 Å². The summed E-state index contributed by atoms with van der Waals surface area (Å²) in [6.07, 6.45) is 1.93. The van der Waals surface area contributed by atoms with E-state index in [-0.39, 0.29) is 17.8 Å². The van der Waals surface area contributed by atoms with Gasteiger partial charge in [0.2, 0.25) is 0 Å². The van der Waals surface area contributed by atoms with E-state index < -0.39 is 0 Å². The van der Waals surface area contributed by atoms with E-state index in [2.05, 4.69) is 11.0 Å². The molecule has 1 aliphatic heterocycles. The molecule has 1 saturated heterocycles. The number of carbonyl (C=O) groups excluding carboxylic acids is 1. The van der Waals surface area contributed by atoms with Crippen molar-refractivity contribution in [2.24, 2.45) is 11.8 Å². The molecule has 2 atom stereocenters. The molecule has 0 unspecified atom stereocenters. The zero-order valence-corrected chi connectivity index (χ0v) is 10.1. The number of nitriles is 1. The summed E-state index contributed by atoms with van der Waals surface area (Å²) in [5.74, 6) is -0.0580. The van der Waals surface area contributed by atoms with Crippen LogP contribution in [0.2, 0.25) is 0 Å². The standard InChI is InChI=1S/C12H20N2O2/c1-3-16-12(15)11-5-4-6-14(9-11)8-10(2)7-13/h10-11H,3-6,8-9H2,1-2H3/t10-,11+/m1/s1. The number of esters is 1. The van der Waals surface area contributed by atoms with E-state index in [0.717, 1.165) is 32.5 Å². The highest BCUT2D eigenvalue weighted by atomic mass is 16.5. The zero-order chi connectivity index (χ0) is 12.0. The van der Waals surface area contributed by atoms with Crippen LogP contribution in [0.3, 0.4) is 0 Å². The van der Waals surface area contributed by atoms with Gasteiger partial charge in [-0.05, 0) is 33.2 Å². The molecule has 0 aromatic heterocycles. The molecular weight excluding hydrogens is 204 g/mol. The number of hydrogen-bond donors (Lipinski definition) is 0. The maximum atomic E-state index is 11.6. The first-order valence-electron chi connectivity index (χ1n) is 5.96. The second kappa shape index (κ2) is 6.49. The molecule has 0 saturated carbocycles. The smallest absolute Gasteiger partial charge is 0.310 e. The van der Waals surface area contributed by atoms with Crippen molar-refractivity contribution in [2.75, 3.05) is 26.2 Å². The van der Waals surface area contributed by atoms with Gasteiger partial charge in [-0.1, -0.05) is 0 Å². The monoisotopic (exact) mass is 224 g/mol. The minimum absolute atomic E-state index is 0.000377. The van der Waals surface area contributed by atoms with Crippen molar-refractivity contribution in [3.8, 4) is 6.07 Å². The number of rotatable bonds is 4. The lowest BCUT2D eigenvalue weighted by Crippen LogP contribution is -2.41. The molecule has 1 rings (SSSR count). The van der Waals surface area contributed by atoms with Gasteiger partial charge >= 0.3 is 5.97 Å². The molecule has 1 heterocycles. The summed E-state index contributed by atoms with van der Waals surface area (Å²) in [6, 6.07) is 2.22. The van der Waals surface area contributed by atoms with Crippen LogP contribution in [0, 0.1) is 23.2 Å². The van der Waals surface area contributed by atoms with Crippen molar-refractivity contribution in [1.82, 2.24) is 4.90 Å². The van der Waals surface area contributed by atoms with Gasteiger partial charge in [0.05, 0.1) is 24.5 Å². The van der Waals surface area contributed by atoms with E-state index in [1.807, 2.05) is 13.8 Å². The van der Waals surface area contributed by atoms with Crippen LogP contribution < -0.4 is 0 Å². The predicted molar refractivity (Wildman–Crippen MR) is 60.6 cm³/mol. The summed E-state index contributed by atoms with van der Waals surface area (Å²) >= 11 is 0. The van der Waals surface area contributed by atoms with Crippen LogP contribution in [0.4, 0.5) is 0 Å². The highest BCUT2D eigenvalue weighted by Gasteiger charge is 2.27. The van der Waals surface area contributed by atoms with Gasteiger partial charge in [0.15, 0.2) is 0 Å². The average Bonchev–Trinajstić information content (AvgIpc) is 2.29. The fraction of sp³-hybridized carbons (Fsp3) is 0.833. The number of nitrogens with zero attached hydrogens (tertiary/aromatic N) is 2. The molecule has 0 radical (unpaired) electrons. The molecule has 16 heavy (non-hydrogen) atoms. The Balaban J connectivity index is 2.41. The van der Waals surface area contributed by atoms with E-state index >= 15 is 0 Å². The first-order valence-corrected chi connectivity index (χ1v) is 5.96. The maximum absolute atomic E-state index is 11.6. The van der Waals surface area contributed by atoms with Crippen LogP contribution in [0.1, 0.15) is 26.7 Å². The topological polar surface area (TPSA) is 53.3 Å². The average molecular weight is 224 g/mol. The second-order valence-corrected chi connectivity index (χ2v) is 4.38. The molecule has 4 nitrogen and oxygen atoms in total. The van der Waals surface area contributed by atoms with Gasteiger partial charge in [-0.25, -0.2) is 0 Å². The van der Waals surface area contributed by atoms with Crippen LogP contribution >= 0.6 is 0 Å². The molecule has 0 aromatic rings. The lowest BCUT2D eigenvalue weighted by molar-refractivity contribution is -0.149. The number of ether oxygens (including phenoxy) is 1. The van der Waals surface area contributed by atoms with E-state index in [9.17, 15) is 4.79 Å². The fourth-order valence-electron chi connectivity index (χ4n) is 2.10. The Morgan fingerprint density at radius 1 is 1.69 bits per heavy atom. The Labute approximate surface area is 97.2 Å². The summed E-state index contributed by atoms with van der Waals surface area (Å²) in [5.41, 5.74) is 0. The SMILES string of the molecule is CCOC(=O)[C@H]1CCCN(C[C@H](C)C#N)C1. The molecule has 0 aromatic carbocycles. The molecule has 0 N–H and O–H groups in total. The van der Waals surface area contributed by atoms with Crippen molar-refractivity contribution < 1.29 is 9.53 Å². The van der Waals surface area contributed by atoms with E-state index in [1.165, 1.54) is 0 Å². The maximum Gasteiger partial charge on any atom is 0.310 e. The zero-order valence-electron chi connectivity index (χ0n) is 10.1. The summed E-state index contributed by atoms with van der Waals surface area (Å²) < 4.78 is 5.03. The second-order valence-electron chi connectivity index (χ2n) is 4.38. The van der Waals surface area contributed by atoms with Gasteiger partial charge in [-0.2, -0.15) is 5.26 Å². The Hall–Kier alpha value is -1.08. The van der Waals surface area contributed by atoms with Gasteiger partial charge in [0, 0.05) is 13.1 Å². The quantitative estimate of drug-likeness (QED) is 0.678. The number of piperidine rings is 1. The van der Waals surface area contributed by atoms with Crippen molar-refractivity contribution >= 4 is 5.97 Å². The Bertz CT molecular complexity index is 273. The molecular formula is C12H20N2O2. The van der Waals surface area contributed by atoms with E-state index in [1.54, 1.807) is 0 Å². The minimum Gasteiger partial charge on any atom is -0.466 e. The normalized spacial score (nSPS) is 23.4. The molecule has 0 amide bonds. The molecule has 1 aliphatic rings. The Morgan fingerprint density at radius 2 is 2.44 bits per heavy atom. The summed E-state index contributed by atoms with van der Waals surface area (Å²) in [4.78, 5) is 13.8. The van der Waals surface area contributed by atoms with E-state index in [4.69, 9.17) is 10.00 Å². The molecule has 0 spiro atoms. The van der Waals surface area contributed by atoms with Crippen molar-refractivity contribution in [3.63, 3.8) is 0 Å². The predicted octanol–water partition coefficient (Wildman–Crippen LogP) is 1.42. The van der Waals surface area contributed by atoms with Crippen LogP contribution in [0.5, 0.6) is 0 Å². The summed E-state index contributed by atoms with van der Waals surface area (Å²) in [5, 5.41) is 8.76. The fourth-order valence-corrected chi connectivity index (χ4v) is 2.10. The van der Waals surface area contributed by atoms with Crippen molar-refractivity contribution in [1.29, 1.82) is 5.26 Å². The third kappa shape index (κ3) is 3.82. The third-order valence-electron chi connectivity index (χ3n) is 2.88. The lowest BCUT2D eigenvalue weighted by atomic mass is 9.97. The number of carbonyl (C=O) groups is 1. The first kappa shape index (κ1) is 13.0. The largest absolute Gasteiger partial charge is 0.466 e. The summed E-state index contributed by atoms with van der Waals surface area (Å²) in [7, 11) is 0. The van der Waals surface area contributed by atoms with Gasteiger partial charge in [-0.3, -0.25) is 4.79 Å². The lowest BCUT2D eigenvalue weighted by Gasteiger charge is -2.31. The molecule has 4 heteroatoms. The van der Waals surface area contributed by atoms with Gasteiger partial charge in [0.1, 0.15) is 0 Å². The third-order valence-corrected chi connectivity index (χ3v) is 2.88. The van der Waals surface area contributed by atoms with Crippen molar-refractivity contribution in [3.05, 3.63) is 0 Å². The first-order chi connectivity index (χ1) is 7.67. The van der Waals surface area contributed by atoms with Gasteiger partial charge in [-0.15, -0.1) is 0 Å². The van der Waals surface area contributed by atoms with Crippen LogP contribution in [-0.4, -0.2) is 37.1 Å². The molecule has 90 valence electrons. The minimum atomic E-state index is -0.0863. The molecule has 0 aliphatic carbocycles. The van der Waals surface area contributed by atoms with Gasteiger partial charge < -0.3 is 9.64 Å². The van der Waals surface area contributed by atoms with Crippen LogP contribution in [-0.2, 0) is 9.53 Å². The Morgan fingerprint density at radius 3 is 3.06 bits per heavy atom. The molecule has 0 bridgehead atoms. The highest BCUT2D eigenvalue weighted by molar-refractivity contribution is 5.72. The summed E-state index contributed by atoms with van der Waals surface area (Å²) in [6.45, 7) is 6.67. The van der Waals surface area contributed by atoms with Crippen molar-refractivity contribution in [2.45, 2.75) is 26.7 Å². The highest BCUT2D eigenvalue weighted by Crippen LogP contribution is 2.18.